The Hall–Kier alpha value is -0.120. The van der Waals surface area contributed by atoms with Crippen molar-refractivity contribution in [2.45, 2.75) is 57.4 Å². The Balaban J connectivity index is 1.60. The molecule has 1 aromatic rings. The molecule has 0 radical (unpaired) electrons. The van der Waals surface area contributed by atoms with Gasteiger partial charge < -0.3 is 4.74 Å². The van der Waals surface area contributed by atoms with Crippen molar-refractivity contribution in [3.63, 3.8) is 0 Å². The van der Waals surface area contributed by atoms with Crippen molar-refractivity contribution in [1.29, 1.82) is 0 Å². The van der Waals surface area contributed by atoms with Crippen molar-refractivity contribution in [2.24, 2.45) is 5.92 Å². The third-order valence-corrected chi connectivity index (χ3v) is 4.74. The van der Waals surface area contributed by atoms with Gasteiger partial charge in [-0.05, 0) is 25.2 Å². The molecule has 1 aliphatic carbocycles. The van der Waals surface area contributed by atoms with Crippen LogP contribution in [-0.4, -0.2) is 17.7 Å². The van der Waals surface area contributed by atoms with Crippen LogP contribution in [0.1, 0.15) is 49.7 Å². The van der Waals surface area contributed by atoms with Crippen molar-refractivity contribution >= 4 is 22.9 Å². The highest BCUT2D eigenvalue weighted by molar-refractivity contribution is 7.09. The fourth-order valence-electron chi connectivity index (χ4n) is 2.53. The van der Waals surface area contributed by atoms with Crippen molar-refractivity contribution < 1.29 is 4.74 Å². The largest absolute Gasteiger partial charge is 0.378 e. The molecule has 2 atom stereocenters. The van der Waals surface area contributed by atoms with Gasteiger partial charge in [0.25, 0.3) is 0 Å². The van der Waals surface area contributed by atoms with Crippen LogP contribution >= 0.6 is 22.9 Å². The van der Waals surface area contributed by atoms with Crippen molar-refractivity contribution in [3.8, 4) is 0 Å². The van der Waals surface area contributed by atoms with Gasteiger partial charge in [-0.15, -0.1) is 22.9 Å². The van der Waals surface area contributed by atoms with Crippen LogP contribution in [0.15, 0.2) is 5.38 Å². The molecule has 0 aromatic carbocycles. The van der Waals surface area contributed by atoms with E-state index in [1.54, 1.807) is 11.3 Å². The molecule has 102 valence electrons. The molecule has 0 N–H and O–H groups in total. The zero-order valence-electron chi connectivity index (χ0n) is 11.0. The molecule has 2 nitrogen and oxygen atoms in total. The minimum absolute atomic E-state index is 0.503. The van der Waals surface area contributed by atoms with Crippen LogP contribution in [0.2, 0.25) is 0 Å². The fourth-order valence-corrected chi connectivity index (χ4v) is 3.60. The third kappa shape index (κ3) is 4.52. The van der Waals surface area contributed by atoms with Crippen LogP contribution in [0, 0.1) is 5.92 Å². The van der Waals surface area contributed by atoms with Gasteiger partial charge in [-0.1, -0.05) is 19.8 Å². The highest BCUT2D eigenvalue weighted by atomic mass is 35.5. The van der Waals surface area contributed by atoms with Crippen LogP contribution in [-0.2, 0) is 17.0 Å². The van der Waals surface area contributed by atoms with E-state index < -0.39 is 0 Å². The van der Waals surface area contributed by atoms with Gasteiger partial charge in [0.05, 0.1) is 22.7 Å². The Morgan fingerprint density at radius 2 is 2.39 bits per heavy atom. The molecule has 2 rings (SSSR count). The Bertz CT molecular complexity index is 355. The molecule has 0 saturated heterocycles. The lowest BCUT2D eigenvalue weighted by atomic mass is 9.89. The first kappa shape index (κ1) is 14.3. The zero-order chi connectivity index (χ0) is 12.8. The zero-order valence-corrected chi connectivity index (χ0v) is 12.6. The summed E-state index contributed by atoms with van der Waals surface area (Å²) in [4.78, 5) is 4.46. The lowest BCUT2D eigenvalue weighted by molar-refractivity contribution is 0.0146. The molecule has 0 bridgehead atoms. The first-order valence-electron chi connectivity index (χ1n) is 6.88. The number of hydrogen-bond donors (Lipinski definition) is 0. The minimum Gasteiger partial charge on any atom is -0.378 e. The summed E-state index contributed by atoms with van der Waals surface area (Å²) in [5, 5.41) is 3.23. The highest BCUT2D eigenvalue weighted by Crippen LogP contribution is 2.25. The standard InChI is InChI=1S/C14H22ClNOS/c1-11-4-2-5-13(8-11)17-7-3-6-14-16-12(9-15)10-18-14/h10-11,13H,2-9H2,1H3. The van der Waals surface area contributed by atoms with Crippen molar-refractivity contribution in [2.75, 3.05) is 6.61 Å². The van der Waals surface area contributed by atoms with E-state index in [2.05, 4.69) is 11.9 Å². The van der Waals surface area contributed by atoms with E-state index >= 15 is 0 Å². The Morgan fingerprint density at radius 1 is 1.50 bits per heavy atom. The average molecular weight is 288 g/mol. The Labute approximate surface area is 119 Å². The summed E-state index contributed by atoms with van der Waals surface area (Å²) in [6.45, 7) is 3.20. The molecule has 4 heteroatoms. The van der Waals surface area contributed by atoms with Gasteiger partial charge >= 0.3 is 0 Å². The molecule has 2 unspecified atom stereocenters. The lowest BCUT2D eigenvalue weighted by Crippen LogP contribution is -2.22. The van der Waals surface area contributed by atoms with Gasteiger partial charge in [0, 0.05) is 18.4 Å². The van der Waals surface area contributed by atoms with E-state index in [1.165, 1.54) is 30.7 Å². The summed E-state index contributed by atoms with van der Waals surface area (Å²) < 4.78 is 5.96. The van der Waals surface area contributed by atoms with Gasteiger partial charge in [-0.3, -0.25) is 0 Å². The normalized spacial score (nSPS) is 24.3. The van der Waals surface area contributed by atoms with E-state index in [1.807, 2.05) is 5.38 Å². The number of halogens is 1. The number of alkyl halides is 1. The molecule has 1 aromatic heterocycles. The van der Waals surface area contributed by atoms with Gasteiger partial charge in [0.1, 0.15) is 0 Å². The summed E-state index contributed by atoms with van der Waals surface area (Å²) in [7, 11) is 0. The topological polar surface area (TPSA) is 22.1 Å². The number of hydrogen-bond acceptors (Lipinski definition) is 3. The number of rotatable bonds is 6. The Morgan fingerprint density at radius 3 is 3.11 bits per heavy atom. The number of aryl methyl sites for hydroxylation is 1. The average Bonchev–Trinajstić information content (AvgIpc) is 2.83. The summed E-state index contributed by atoms with van der Waals surface area (Å²) in [6.07, 6.45) is 7.79. The molecule has 1 aliphatic rings. The molecule has 1 saturated carbocycles. The second-order valence-electron chi connectivity index (χ2n) is 5.23. The third-order valence-electron chi connectivity index (χ3n) is 3.51. The van der Waals surface area contributed by atoms with Crippen LogP contribution in [0.5, 0.6) is 0 Å². The second kappa shape index (κ2) is 7.46. The van der Waals surface area contributed by atoms with Crippen LogP contribution in [0.3, 0.4) is 0 Å². The smallest absolute Gasteiger partial charge is 0.0929 e. The molecule has 0 aliphatic heterocycles. The van der Waals surface area contributed by atoms with Gasteiger partial charge in [-0.25, -0.2) is 4.98 Å². The molecule has 0 amide bonds. The highest BCUT2D eigenvalue weighted by Gasteiger charge is 2.18. The van der Waals surface area contributed by atoms with E-state index in [4.69, 9.17) is 16.3 Å². The minimum atomic E-state index is 0.503. The summed E-state index contributed by atoms with van der Waals surface area (Å²) >= 11 is 7.45. The van der Waals surface area contributed by atoms with E-state index in [9.17, 15) is 0 Å². The first-order chi connectivity index (χ1) is 8.78. The van der Waals surface area contributed by atoms with Crippen LogP contribution in [0.25, 0.3) is 0 Å². The Kier molecular flexibility index (Phi) is 5.93. The number of ether oxygens (including phenoxy) is 1. The molecule has 0 spiro atoms. The van der Waals surface area contributed by atoms with E-state index in [0.717, 1.165) is 31.1 Å². The molecular formula is C14H22ClNOS. The lowest BCUT2D eigenvalue weighted by Gasteiger charge is -2.26. The quantitative estimate of drug-likeness (QED) is 0.571. The molecular weight excluding hydrogens is 266 g/mol. The maximum atomic E-state index is 5.96. The summed E-state index contributed by atoms with van der Waals surface area (Å²) in [5.41, 5.74) is 0.999. The number of nitrogens with zero attached hydrogens (tertiary/aromatic N) is 1. The van der Waals surface area contributed by atoms with Crippen molar-refractivity contribution in [3.05, 3.63) is 16.1 Å². The predicted octanol–water partition coefficient (Wildman–Crippen LogP) is 4.41. The second-order valence-corrected chi connectivity index (χ2v) is 6.44. The molecule has 1 heterocycles. The molecule has 18 heavy (non-hydrogen) atoms. The van der Waals surface area contributed by atoms with E-state index in [0.29, 0.717) is 12.0 Å². The van der Waals surface area contributed by atoms with Crippen LogP contribution < -0.4 is 0 Å². The maximum Gasteiger partial charge on any atom is 0.0929 e. The number of aromatic nitrogens is 1. The predicted molar refractivity (Wildman–Crippen MR) is 77.4 cm³/mol. The van der Waals surface area contributed by atoms with Gasteiger partial charge in [0.2, 0.25) is 0 Å². The van der Waals surface area contributed by atoms with Gasteiger partial charge in [0.15, 0.2) is 0 Å². The maximum absolute atomic E-state index is 5.96. The molecule has 1 fully saturated rings. The van der Waals surface area contributed by atoms with Gasteiger partial charge in [-0.2, -0.15) is 0 Å². The summed E-state index contributed by atoms with van der Waals surface area (Å²) in [5.74, 6) is 1.36. The van der Waals surface area contributed by atoms with E-state index in [-0.39, 0.29) is 0 Å². The first-order valence-corrected chi connectivity index (χ1v) is 8.30. The fraction of sp³-hybridized carbons (Fsp3) is 0.786. The monoisotopic (exact) mass is 287 g/mol. The summed E-state index contributed by atoms with van der Waals surface area (Å²) in [6, 6.07) is 0. The van der Waals surface area contributed by atoms with Crippen LogP contribution in [0.4, 0.5) is 0 Å². The van der Waals surface area contributed by atoms with Crippen molar-refractivity contribution in [1.82, 2.24) is 4.98 Å². The SMILES string of the molecule is CC1CCCC(OCCCc2nc(CCl)cs2)C1. The number of thiazole rings is 1.